The van der Waals surface area contributed by atoms with E-state index in [1.54, 1.807) is 0 Å². The number of anilines is 1. The number of rotatable bonds is 2. The number of hydrogen-bond acceptors (Lipinski definition) is 6. The maximum atomic E-state index is 11.6. The molecule has 0 aromatic carbocycles. The first-order chi connectivity index (χ1) is 7.63. The second kappa shape index (κ2) is 4.42. The minimum Gasteiger partial charge on any atom is -0.465 e. The van der Waals surface area contributed by atoms with Crippen LogP contribution in [0.1, 0.15) is 16.1 Å². The normalized spacial score (nSPS) is 20.2. The van der Waals surface area contributed by atoms with Crippen molar-refractivity contribution >= 4 is 41.7 Å². The molecule has 2 heterocycles. The molecule has 0 radical (unpaired) electrons. The molecular formula is C9H10N2O3S2. The lowest BCUT2D eigenvalue weighted by molar-refractivity contribution is -0.117. The Balaban J connectivity index is 2.31. The van der Waals surface area contributed by atoms with Gasteiger partial charge in [-0.2, -0.15) is 12.6 Å². The summed E-state index contributed by atoms with van der Waals surface area (Å²) >= 11 is 5.42. The van der Waals surface area contributed by atoms with Gasteiger partial charge in [-0.05, 0) is 0 Å². The first kappa shape index (κ1) is 11.4. The van der Waals surface area contributed by atoms with Gasteiger partial charge in [0, 0.05) is 18.2 Å². The van der Waals surface area contributed by atoms with Crippen LogP contribution in [0.15, 0.2) is 5.51 Å². The molecule has 1 saturated heterocycles. The first-order valence-corrected chi connectivity index (χ1v) is 6.03. The summed E-state index contributed by atoms with van der Waals surface area (Å²) < 4.78 is 4.63. The SMILES string of the molecule is COC(=O)c1scnc1N1CC(S)CC1=O. The Hall–Kier alpha value is -1.08. The van der Waals surface area contributed by atoms with E-state index >= 15 is 0 Å². The number of amides is 1. The maximum Gasteiger partial charge on any atom is 0.351 e. The number of thiol groups is 1. The third-order valence-electron chi connectivity index (χ3n) is 2.28. The van der Waals surface area contributed by atoms with Crippen molar-refractivity contribution in [1.29, 1.82) is 0 Å². The summed E-state index contributed by atoms with van der Waals surface area (Å²) in [7, 11) is 1.30. The highest BCUT2D eigenvalue weighted by Crippen LogP contribution is 2.28. The molecule has 0 saturated carbocycles. The minimum absolute atomic E-state index is 0.000281. The molecular weight excluding hydrogens is 248 g/mol. The monoisotopic (exact) mass is 258 g/mol. The lowest BCUT2D eigenvalue weighted by Crippen LogP contribution is -2.26. The third-order valence-corrected chi connectivity index (χ3v) is 3.42. The molecule has 1 aromatic heterocycles. The number of nitrogens with zero attached hydrogens (tertiary/aromatic N) is 2. The summed E-state index contributed by atoms with van der Waals surface area (Å²) in [5, 5.41) is -0.000281. The van der Waals surface area contributed by atoms with Gasteiger partial charge in [-0.3, -0.25) is 9.69 Å². The van der Waals surface area contributed by atoms with E-state index in [0.717, 1.165) is 0 Å². The number of ether oxygens (including phenoxy) is 1. The van der Waals surface area contributed by atoms with E-state index in [1.165, 1.54) is 28.9 Å². The fourth-order valence-corrected chi connectivity index (χ4v) is 2.58. The van der Waals surface area contributed by atoms with Gasteiger partial charge >= 0.3 is 5.97 Å². The Labute approximate surface area is 102 Å². The van der Waals surface area contributed by atoms with Crippen molar-refractivity contribution in [3.05, 3.63) is 10.4 Å². The molecule has 1 atom stereocenters. The van der Waals surface area contributed by atoms with Crippen LogP contribution in [-0.2, 0) is 9.53 Å². The molecule has 1 fully saturated rings. The lowest BCUT2D eigenvalue weighted by atomic mass is 10.4. The van der Waals surface area contributed by atoms with Crippen LogP contribution in [0.25, 0.3) is 0 Å². The highest BCUT2D eigenvalue weighted by atomic mass is 32.1. The standard InChI is InChI=1S/C9H10N2O3S2/c1-14-9(13)7-8(10-4-16-7)11-3-5(15)2-6(11)12/h4-5,15H,2-3H2,1H3. The Morgan fingerprint density at radius 3 is 3.06 bits per heavy atom. The zero-order chi connectivity index (χ0) is 11.7. The van der Waals surface area contributed by atoms with Gasteiger partial charge in [-0.15, -0.1) is 11.3 Å². The number of hydrogen-bond donors (Lipinski definition) is 1. The lowest BCUT2D eigenvalue weighted by Gasteiger charge is -2.13. The molecule has 0 bridgehead atoms. The van der Waals surface area contributed by atoms with Crippen LogP contribution in [0.2, 0.25) is 0 Å². The van der Waals surface area contributed by atoms with Gasteiger partial charge in [-0.1, -0.05) is 0 Å². The van der Waals surface area contributed by atoms with E-state index in [9.17, 15) is 9.59 Å². The average Bonchev–Trinajstić information content (AvgIpc) is 2.83. The molecule has 86 valence electrons. The molecule has 1 amide bonds. The van der Waals surface area contributed by atoms with Crippen LogP contribution in [-0.4, -0.2) is 35.8 Å². The zero-order valence-corrected chi connectivity index (χ0v) is 10.3. The Morgan fingerprint density at radius 2 is 2.50 bits per heavy atom. The van der Waals surface area contributed by atoms with Crippen molar-refractivity contribution in [3.63, 3.8) is 0 Å². The molecule has 5 nitrogen and oxygen atoms in total. The molecule has 0 aliphatic carbocycles. The van der Waals surface area contributed by atoms with Crippen molar-refractivity contribution in [2.75, 3.05) is 18.6 Å². The van der Waals surface area contributed by atoms with Crippen LogP contribution in [0.4, 0.5) is 5.82 Å². The van der Waals surface area contributed by atoms with Crippen molar-refractivity contribution in [2.24, 2.45) is 0 Å². The molecule has 1 aliphatic rings. The predicted octanol–water partition coefficient (Wildman–Crippen LogP) is 0.965. The van der Waals surface area contributed by atoms with Gasteiger partial charge in [0.1, 0.15) is 0 Å². The summed E-state index contributed by atoms with van der Waals surface area (Å²) in [6.07, 6.45) is 0.376. The van der Waals surface area contributed by atoms with Gasteiger partial charge in [-0.25, -0.2) is 9.78 Å². The van der Waals surface area contributed by atoms with E-state index in [2.05, 4.69) is 22.3 Å². The van der Waals surface area contributed by atoms with E-state index < -0.39 is 5.97 Å². The quantitative estimate of drug-likeness (QED) is 0.634. The molecule has 2 rings (SSSR count). The molecule has 16 heavy (non-hydrogen) atoms. The summed E-state index contributed by atoms with van der Waals surface area (Å²) in [4.78, 5) is 29.0. The van der Waals surface area contributed by atoms with Crippen LogP contribution in [0.3, 0.4) is 0 Å². The summed E-state index contributed by atoms with van der Waals surface area (Å²) in [5.41, 5.74) is 1.53. The van der Waals surface area contributed by atoms with Crippen LogP contribution < -0.4 is 4.90 Å². The summed E-state index contributed by atoms with van der Waals surface area (Å²) in [5.74, 6) is -0.137. The number of carbonyl (C=O) groups excluding carboxylic acids is 2. The van der Waals surface area contributed by atoms with E-state index in [0.29, 0.717) is 23.7 Å². The Bertz CT molecular complexity index is 432. The molecule has 1 aliphatic heterocycles. The third kappa shape index (κ3) is 1.92. The molecule has 1 unspecified atom stereocenters. The highest BCUT2D eigenvalue weighted by Gasteiger charge is 2.32. The van der Waals surface area contributed by atoms with Gasteiger partial charge in [0.15, 0.2) is 10.7 Å². The molecule has 0 N–H and O–H groups in total. The topological polar surface area (TPSA) is 59.5 Å². The number of esters is 1. The van der Waals surface area contributed by atoms with Gasteiger partial charge in [0.2, 0.25) is 5.91 Å². The van der Waals surface area contributed by atoms with E-state index in [1.807, 2.05) is 0 Å². The van der Waals surface area contributed by atoms with E-state index in [-0.39, 0.29) is 11.2 Å². The number of carbonyl (C=O) groups is 2. The fourth-order valence-electron chi connectivity index (χ4n) is 1.56. The number of aromatic nitrogens is 1. The smallest absolute Gasteiger partial charge is 0.351 e. The maximum absolute atomic E-state index is 11.6. The predicted molar refractivity (Wildman–Crippen MR) is 63.2 cm³/mol. The summed E-state index contributed by atoms with van der Waals surface area (Å²) in [6.45, 7) is 0.482. The van der Waals surface area contributed by atoms with Crippen molar-refractivity contribution in [3.8, 4) is 0 Å². The molecule has 7 heteroatoms. The van der Waals surface area contributed by atoms with Crippen molar-refractivity contribution in [2.45, 2.75) is 11.7 Å². The fraction of sp³-hybridized carbons (Fsp3) is 0.444. The van der Waals surface area contributed by atoms with Crippen LogP contribution in [0.5, 0.6) is 0 Å². The van der Waals surface area contributed by atoms with Crippen molar-refractivity contribution in [1.82, 2.24) is 4.98 Å². The zero-order valence-electron chi connectivity index (χ0n) is 8.54. The average molecular weight is 258 g/mol. The van der Waals surface area contributed by atoms with Crippen LogP contribution >= 0.6 is 24.0 Å². The second-order valence-corrected chi connectivity index (χ2v) is 4.94. The molecule has 0 spiro atoms. The number of thiazole rings is 1. The first-order valence-electron chi connectivity index (χ1n) is 4.63. The second-order valence-electron chi connectivity index (χ2n) is 3.36. The van der Waals surface area contributed by atoms with Crippen molar-refractivity contribution < 1.29 is 14.3 Å². The van der Waals surface area contributed by atoms with Gasteiger partial charge < -0.3 is 4.74 Å². The minimum atomic E-state index is -0.465. The number of methoxy groups -OCH3 is 1. The highest BCUT2D eigenvalue weighted by molar-refractivity contribution is 7.81. The van der Waals surface area contributed by atoms with E-state index in [4.69, 9.17) is 0 Å². The van der Waals surface area contributed by atoms with Crippen LogP contribution in [0, 0.1) is 0 Å². The van der Waals surface area contributed by atoms with Gasteiger partial charge in [0.25, 0.3) is 0 Å². The Morgan fingerprint density at radius 1 is 1.75 bits per heavy atom. The van der Waals surface area contributed by atoms with Gasteiger partial charge in [0.05, 0.1) is 12.6 Å². The largest absolute Gasteiger partial charge is 0.465 e. The Kier molecular flexibility index (Phi) is 3.15. The molecule has 1 aromatic rings. The summed E-state index contributed by atoms with van der Waals surface area (Å²) in [6, 6.07) is 0.